The summed E-state index contributed by atoms with van der Waals surface area (Å²) in [6.07, 6.45) is 5.97. The third kappa shape index (κ3) is 4.41. The molecule has 2 atom stereocenters. The lowest BCUT2D eigenvalue weighted by atomic mass is 9.97. The van der Waals surface area contributed by atoms with Crippen LogP contribution in [0.5, 0.6) is 0 Å². The van der Waals surface area contributed by atoms with Crippen molar-refractivity contribution in [3.63, 3.8) is 0 Å². The van der Waals surface area contributed by atoms with Crippen LogP contribution in [0.4, 0.5) is 0 Å². The molecule has 0 saturated carbocycles. The second-order valence-electron chi connectivity index (χ2n) is 6.07. The van der Waals surface area contributed by atoms with E-state index in [1.807, 2.05) is 0 Å². The van der Waals surface area contributed by atoms with Gasteiger partial charge in [0, 0.05) is 32.2 Å². The van der Waals surface area contributed by atoms with Crippen LogP contribution in [-0.2, 0) is 10.0 Å². The molecule has 0 aromatic rings. The van der Waals surface area contributed by atoms with Crippen LogP contribution in [0, 0.1) is 5.92 Å². The zero-order chi connectivity index (χ0) is 13.9. The number of hydrogen-bond donors (Lipinski definition) is 1. The Labute approximate surface area is 117 Å². The van der Waals surface area contributed by atoms with E-state index in [9.17, 15) is 8.42 Å². The summed E-state index contributed by atoms with van der Waals surface area (Å²) in [6.45, 7) is 4.61. The summed E-state index contributed by atoms with van der Waals surface area (Å²) in [5.74, 6) is 0.482. The van der Waals surface area contributed by atoms with E-state index in [1.54, 1.807) is 4.31 Å². The van der Waals surface area contributed by atoms with Gasteiger partial charge in [-0.1, -0.05) is 0 Å². The minimum Gasteiger partial charge on any atom is -0.315 e. The first-order valence-electron chi connectivity index (χ1n) is 7.33. The van der Waals surface area contributed by atoms with Gasteiger partial charge in [-0.25, -0.2) is 12.7 Å². The van der Waals surface area contributed by atoms with Gasteiger partial charge in [-0.2, -0.15) is 0 Å². The summed E-state index contributed by atoms with van der Waals surface area (Å²) in [6, 6.07) is 0.613. The van der Waals surface area contributed by atoms with Gasteiger partial charge in [0.25, 0.3) is 0 Å². The Morgan fingerprint density at radius 2 is 2.11 bits per heavy atom. The molecule has 5 nitrogen and oxygen atoms in total. The van der Waals surface area contributed by atoms with Crippen LogP contribution in [0.25, 0.3) is 0 Å². The third-order valence-corrected chi connectivity index (χ3v) is 5.66. The highest BCUT2D eigenvalue weighted by atomic mass is 32.2. The predicted molar refractivity (Wildman–Crippen MR) is 77.7 cm³/mol. The molecule has 2 rings (SSSR count). The zero-order valence-electron chi connectivity index (χ0n) is 12.1. The minimum atomic E-state index is -3.02. The van der Waals surface area contributed by atoms with Gasteiger partial charge < -0.3 is 10.2 Å². The maximum atomic E-state index is 11.6. The molecule has 0 bridgehead atoms. The molecule has 2 fully saturated rings. The molecule has 6 heteroatoms. The van der Waals surface area contributed by atoms with Crippen molar-refractivity contribution < 1.29 is 8.42 Å². The number of piperidine rings is 2. The molecule has 0 amide bonds. The number of rotatable bonds is 4. The van der Waals surface area contributed by atoms with Gasteiger partial charge in [-0.15, -0.1) is 0 Å². The largest absolute Gasteiger partial charge is 0.315 e. The molecule has 1 N–H and O–H groups in total. The lowest BCUT2D eigenvalue weighted by molar-refractivity contribution is 0.146. The topological polar surface area (TPSA) is 52.7 Å². The highest BCUT2D eigenvalue weighted by molar-refractivity contribution is 7.88. The van der Waals surface area contributed by atoms with E-state index in [4.69, 9.17) is 0 Å². The van der Waals surface area contributed by atoms with Crippen LogP contribution in [0.2, 0.25) is 0 Å². The zero-order valence-corrected chi connectivity index (χ0v) is 13.0. The average Bonchev–Trinajstić information content (AvgIpc) is 2.39. The second kappa shape index (κ2) is 6.52. The molecule has 0 spiro atoms. The van der Waals surface area contributed by atoms with Gasteiger partial charge in [0.1, 0.15) is 0 Å². The molecule has 2 heterocycles. The lowest BCUT2D eigenvalue weighted by Gasteiger charge is -2.37. The van der Waals surface area contributed by atoms with E-state index in [2.05, 4.69) is 17.3 Å². The summed E-state index contributed by atoms with van der Waals surface area (Å²) in [4.78, 5) is 2.42. The third-order valence-electron chi connectivity index (χ3n) is 4.39. The molecule has 2 saturated heterocycles. The van der Waals surface area contributed by atoms with Gasteiger partial charge in [-0.05, 0) is 45.2 Å². The number of likely N-dealkylation sites (N-methyl/N-ethyl adjacent to an activating group) is 1. The van der Waals surface area contributed by atoms with Gasteiger partial charge in [0.15, 0.2) is 0 Å². The van der Waals surface area contributed by atoms with Crippen molar-refractivity contribution in [1.82, 2.24) is 14.5 Å². The maximum Gasteiger partial charge on any atom is 0.211 e. The second-order valence-corrected chi connectivity index (χ2v) is 8.05. The Balaban J connectivity index is 1.84. The van der Waals surface area contributed by atoms with Crippen LogP contribution in [0.1, 0.15) is 25.7 Å². The summed E-state index contributed by atoms with van der Waals surface area (Å²) in [7, 11) is -0.839. The Morgan fingerprint density at radius 1 is 1.32 bits per heavy atom. The molecule has 2 aliphatic heterocycles. The molecule has 0 aliphatic carbocycles. The summed E-state index contributed by atoms with van der Waals surface area (Å²) in [5, 5.41) is 3.44. The van der Waals surface area contributed by atoms with Crippen LogP contribution < -0.4 is 5.32 Å². The normalized spacial score (nSPS) is 30.7. The van der Waals surface area contributed by atoms with Crippen LogP contribution in [-0.4, -0.2) is 69.7 Å². The van der Waals surface area contributed by atoms with Crippen molar-refractivity contribution in [2.45, 2.75) is 31.7 Å². The number of nitrogens with zero attached hydrogens (tertiary/aromatic N) is 2. The molecule has 112 valence electrons. The number of sulfonamides is 1. The van der Waals surface area contributed by atoms with Crippen LogP contribution in [0.3, 0.4) is 0 Å². The van der Waals surface area contributed by atoms with Crippen molar-refractivity contribution in [3.8, 4) is 0 Å². The molecule has 2 unspecified atom stereocenters. The van der Waals surface area contributed by atoms with Crippen LogP contribution in [0.15, 0.2) is 0 Å². The molecule has 2 aliphatic rings. The van der Waals surface area contributed by atoms with Crippen molar-refractivity contribution >= 4 is 10.0 Å². The van der Waals surface area contributed by atoms with E-state index in [1.165, 1.54) is 19.1 Å². The molecule has 0 aromatic heterocycles. The molecular weight excluding hydrogens is 262 g/mol. The number of nitrogens with one attached hydrogen (secondary N) is 1. The maximum absolute atomic E-state index is 11.6. The highest BCUT2D eigenvalue weighted by Gasteiger charge is 2.28. The summed E-state index contributed by atoms with van der Waals surface area (Å²) in [5.41, 5.74) is 0. The fourth-order valence-electron chi connectivity index (χ4n) is 3.24. The SMILES string of the molecule is CN(CC1CCCN(S(C)(=O)=O)C1)C1CCCNC1. The quantitative estimate of drug-likeness (QED) is 0.811. The van der Waals surface area contributed by atoms with E-state index >= 15 is 0 Å². The van der Waals surface area contributed by atoms with Crippen molar-refractivity contribution in [2.75, 3.05) is 46.0 Å². The Hall–Kier alpha value is -0.170. The Morgan fingerprint density at radius 3 is 2.74 bits per heavy atom. The molecule has 0 aromatic carbocycles. The van der Waals surface area contributed by atoms with E-state index < -0.39 is 10.0 Å². The monoisotopic (exact) mass is 289 g/mol. The van der Waals surface area contributed by atoms with E-state index in [0.29, 0.717) is 25.0 Å². The van der Waals surface area contributed by atoms with Crippen LogP contribution >= 0.6 is 0 Å². The fraction of sp³-hybridized carbons (Fsp3) is 1.00. The first kappa shape index (κ1) is 15.2. The first-order valence-corrected chi connectivity index (χ1v) is 9.17. The number of hydrogen-bond acceptors (Lipinski definition) is 4. The van der Waals surface area contributed by atoms with E-state index in [0.717, 1.165) is 32.5 Å². The van der Waals surface area contributed by atoms with Crippen molar-refractivity contribution in [2.24, 2.45) is 5.92 Å². The first-order chi connectivity index (χ1) is 8.97. The summed E-state index contributed by atoms with van der Waals surface area (Å²) < 4.78 is 24.9. The lowest BCUT2D eigenvalue weighted by Crippen LogP contribution is -2.48. The van der Waals surface area contributed by atoms with Crippen molar-refractivity contribution in [3.05, 3.63) is 0 Å². The molecule has 19 heavy (non-hydrogen) atoms. The van der Waals surface area contributed by atoms with Gasteiger partial charge in [-0.3, -0.25) is 0 Å². The van der Waals surface area contributed by atoms with Crippen molar-refractivity contribution in [1.29, 1.82) is 0 Å². The molecule has 0 radical (unpaired) electrons. The van der Waals surface area contributed by atoms with Gasteiger partial charge in [0.2, 0.25) is 10.0 Å². The summed E-state index contributed by atoms with van der Waals surface area (Å²) >= 11 is 0. The molecular formula is C13H27N3O2S. The smallest absolute Gasteiger partial charge is 0.211 e. The van der Waals surface area contributed by atoms with E-state index in [-0.39, 0.29) is 0 Å². The Kier molecular flexibility index (Phi) is 5.22. The van der Waals surface area contributed by atoms with Gasteiger partial charge in [0.05, 0.1) is 6.26 Å². The highest BCUT2D eigenvalue weighted by Crippen LogP contribution is 2.21. The van der Waals surface area contributed by atoms with Gasteiger partial charge >= 0.3 is 0 Å². The predicted octanol–water partition coefficient (Wildman–Crippen LogP) is 0.342. The minimum absolute atomic E-state index is 0.482. The standard InChI is InChI=1S/C13H27N3O2S/c1-15(13-6-3-7-14-9-13)10-12-5-4-8-16(11-12)19(2,17)18/h12-14H,3-11H2,1-2H3. The average molecular weight is 289 g/mol. The fourth-order valence-corrected chi connectivity index (χ4v) is 4.19. The Bertz CT molecular complexity index is 379.